The van der Waals surface area contributed by atoms with E-state index < -0.39 is 0 Å². The van der Waals surface area contributed by atoms with Crippen molar-refractivity contribution >= 4 is 43.6 Å². The van der Waals surface area contributed by atoms with E-state index in [1.54, 1.807) is 0 Å². The number of nitrogens with one attached hydrogen (secondary N) is 1. The van der Waals surface area contributed by atoms with Crippen molar-refractivity contribution in [1.82, 2.24) is 10.3 Å². The molecule has 1 unspecified atom stereocenters. The zero-order valence-electron chi connectivity index (χ0n) is 8.76. The molecule has 1 N–H and O–H groups in total. The topological polar surface area (TPSA) is 24.9 Å². The highest BCUT2D eigenvalue weighted by Crippen LogP contribution is 2.19. The van der Waals surface area contributed by atoms with Gasteiger partial charge in [-0.05, 0) is 51.1 Å². The van der Waals surface area contributed by atoms with Gasteiger partial charge in [0.1, 0.15) is 0 Å². The summed E-state index contributed by atoms with van der Waals surface area (Å²) in [7, 11) is 0. The molecule has 0 aromatic carbocycles. The number of halogens is 2. The number of hydrogen-bond donors (Lipinski definition) is 1. The molecule has 0 aliphatic heterocycles. The third kappa shape index (κ3) is 4.85. The molecule has 0 bridgehead atoms. The molecule has 1 aromatic rings. The normalized spacial score (nSPS) is 12.8. The van der Waals surface area contributed by atoms with Crippen molar-refractivity contribution in [3.63, 3.8) is 0 Å². The maximum absolute atomic E-state index is 4.35. The summed E-state index contributed by atoms with van der Waals surface area (Å²) in [6, 6.07) is 2.53. The van der Waals surface area contributed by atoms with Gasteiger partial charge in [-0.3, -0.25) is 4.98 Å². The minimum atomic E-state index is 0.511. The third-order valence-electron chi connectivity index (χ3n) is 1.92. The Bertz CT molecular complexity index is 320. The van der Waals surface area contributed by atoms with Crippen LogP contribution in [0, 0.1) is 0 Å². The van der Waals surface area contributed by atoms with Gasteiger partial charge in [0.2, 0.25) is 0 Å². The number of aromatic nitrogens is 1. The van der Waals surface area contributed by atoms with Gasteiger partial charge in [0.15, 0.2) is 0 Å². The van der Waals surface area contributed by atoms with Crippen molar-refractivity contribution in [2.24, 2.45) is 0 Å². The van der Waals surface area contributed by atoms with E-state index in [9.17, 15) is 0 Å². The molecule has 0 amide bonds. The van der Waals surface area contributed by atoms with Crippen LogP contribution in [0.4, 0.5) is 0 Å². The largest absolute Gasteiger partial charge is 0.308 e. The van der Waals surface area contributed by atoms with Crippen LogP contribution in [0.2, 0.25) is 0 Å². The molecule has 0 spiro atoms. The van der Waals surface area contributed by atoms with E-state index in [4.69, 9.17) is 0 Å². The maximum atomic E-state index is 4.35. The summed E-state index contributed by atoms with van der Waals surface area (Å²) in [6.45, 7) is 2.98. The SMILES string of the molecule is CSCC(C)NCc1ncc(Br)cc1Br. The van der Waals surface area contributed by atoms with Crippen LogP contribution in [0.25, 0.3) is 0 Å². The van der Waals surface area contributed by atoms with Crippen LogP contribution in [0.5, 0.6) is 0 Å². The summed E-state index contributed by atoms with van der Waals surface area (Å²) in [5, 5.41) is 3.43. The molecule has 0 saturated carbocycles. The molecule has 0 saturated heterocycles. The van der Waals surface area contributed by atoms with Crippen LogP contribution in [-0.2, 0) is 6.54 Å². The Hall–Kier alpha value is 0.420. The van der Waals surface area contributed by atoms with Gasteiger partial charge in [-0.25, -0.2) is 0 Å². The summed E-state index contributed by atoms with van der Waals surface area (Å²) in [6.07, 6.45) is 3.94. The zero-order valence-corrected chi connectivity index (χ0v) is 12.7. The quantitative estimate of drug-likeness (QED) is 0.877. The monoisotopic (exact) mass is 352 g/mol. The van der Waals surface area contributed by atoms with Gasteiger partial charge in [0.25, 0.3) is 0 Å². The molecule has 1 aromatic heterocycles. The molecule has 1 rings (SSSR count). The Morgan fingerprint density at radius 2 is 2.27 bits per heavy atom. The summed E-state index contributed by atoms with van der Waals surface area (Å²) in [5.41, 5.74) is 1.05. The number of rotatable bonds is 5. The maximum Gasteiger partial charge on any atom is 0.0684 e. The highest BCUT2D eigenvalue weighted by molar-refractivity contribution is 9.11. The molecule has 84 valence electrons. The van der Waals surface area contributed by atoms with E-state index >= 15 is 0 Å². The summed E-state index contributed by atoms with van der Waals surface area (Å²) >= 11 is 8.73. The van der Waals surface area contributed by atoms with Gasteiger partial charge in [0.05, 0.1) is 5.69 Å². The second-order valence-electron chi connectivity index (χ2n) is 3.32. The molecule has 1 heterocycles. The molecular weight excluding hydrogens is 340 g/mol. The lowest BCUT2D eigenvalue weighted by Gasteiger charge is -2.12. The van der Waals surface area contributed by atoms with Gasteiger partial charge in [-0.15, -0.1) is 0 Å². The van der Waals surface area contributed by atoms with Crippen molar-refractivity contribution in [1.29, 1.82) is 0 Å². The fourth-order valence-electron chi connectivity index (χ4n) is 1.15. The first kappa shape index (κ1) is 13.5. The summed E-state index contributed by atoms with van der Waals surface area (Å²) < 4.78 is 2.04. The lowest BCUT2D eigenvalue weighted by molar-refractivity contribution is 0.587. The van der Waals surface area contributed by atoms with Crippen molar-refractivity contribution in [2.75, 3.05) is 12.0 Å². The minimum Gasteiger partial charge on any atom is -0.308 e. The van der Waals surface area contributed by atoms with Crippen LogP contribution >= 0.6 is 43.6 Å². The smallest absolute Gasteiger partial charge is 0.0684 e. The average Bonchev–Trinajstić information content (AvgIpc) is 2.17. The molecule has 0 aliphatic carbocycles. The molecule has 0 aliphatic rings. The van der Waals surface area contributed by atoms with Crippen molar-refractivity contribution in [2.45, 2.75) is 19.5 Å². The predicted octanol–water partition coefficient (Wildman–Crippen LogP) is 3.45. The number of pyridine rings is 1. The van der Waals surface area contributed by atoms with E-state index in [1.807, 2.05) is 24.0 Å². The molecule has 2 nitrogen and oxygen atoms in total. The Morgan fingerprint density at radius 1 is 1.53 bits per heavy atom. The van der Waals surface area contributed by atoms with E-state index in [0.717, 1.165) is 26.9 Å². The molecular formula is C10H14Br2N2S. The highest BCUT2D eigenvalue weighted by Gasteiger charge is 2.04. The average molecular weight is 354 g/mol. The Balaban J connectivity index is 2.50. The van der Waals surface area contributed by atoms with Gasteiger partial charge >= 0.3 is 0 Å². The van der Waals surface area contributed by atoms with Crippen molar-refractivity contribution < 1.29 is 0 Å². The van der Waals surface area contributed by atoms with Gasteiger partial charge in [0, 0.05) is 33.5 Å². The van der Waals surface area contributed by atoms with E-state index in [2.05, 4.69) is 55.3 Å². The first-order valence-electron chi connectivity index (χ1n) is 4.65. The fraction of sp³-hybridized carbons (Fsp3) is 0.500. The van der Waals surface area contributed by atoms with Crippen molar-refractivity contribution in [3.05, 3.63) is 26.9 Å². The standard InChI is InChI=1S/C10H14Br2N2S/c1-7(6-15-2)13-5-10-9(12)3-8(11)4-14-10/h3-4,7,13H,5-6H2,1-2H3. The summed E-state index contributed by atoms with van der Waals surface area (Å²) in [4.78, 5) is 4.35. The number of hydrogen-bond acceptors (Lipinski definition) is 3. The van der Waals surface area contributed by atoms with Crippen LogP contribution in [0.3, 0.4) is 0 Å². The van der Waals surface area contributed by atoms with Crippen LogP contribution in [0.1, 0.15) is 12.6 Å². The second kappa shape index (κ2) is 6.89. The number of thioether (sulfide) groups is 1. The first-order valence-corrected chi connectivity index (χ1v) is 7.63. The first-order chi connectivity index (χ1) is 7.13. The molecule has 0 radical (unpaired) electrons. The molecule has 0 fully saturated rings. The Morgan fingerprint density at radius 3 is 2.87 bits per heavy atom. The molecule has 15 heavy (non-hydrogen) atoms. The molecule has 1 atom stereocenters. The lowest BCUT2D eigenvalue weighted by Crippen LogP contribution is -2.28. The van der Waals surface area contributed by atoms with Crippen molar-refractivity contribution in [3.8, 4) is 0 Å². The number of nitrogens with zero attached hydrogens (tertiary/aromatic N) is 1. The Labute approximate surface area is 112 Å². The minimum absolute atomic E-state index is 0.511. The van der Waals surface area contributed by atoms with Gasteiger partial charge in [-0.1, -0.05) is 0 Å². The van der Waals surface area contributed by atoms with E-state index in [-0.39, 0.29) is 0 Å². The zero-order chi connectivity index (χ0) is 11.3. The molecule has 5 heteroatoms. The van der Waals surface area contributed by atoms with Crippen LogP contribution < -0.4 is 5.32 Å². The van der Waals surface area contributed by atoms with Crippen LogP contribution in [0.15, 0.2) is 21.2 Å². The van der Waals surface area contributed by atoms with E-state index in [1.165, 1.54) is 0 Å². The second-order valence-corrected chi connectivity index (χ2v) is 6.00. The predicted molar refractivity (Wildman–Crippen MR) is 74.3 cm³/mol. The van der Waals surface area contributed by atoms with Crippen LogP contribution in [-0.4, -0.2) is 23.0 Å². The van der Waals surface area contributed by atoms with Gasteiger partial charge in [-0.2, -0.15) is 11.8 Å². The summed E-state index contributed by atoms with van der Waals surface area (Å²) in [5.74, 6) is 1.12. The highest BCUT2D eigenvalue weighted by atomic mass is 79.9. The van der Waals surface area contributed by atoms with E-state index in [0.29, 0.717) is 6.04 Å². The Kier molecular flexibility index (Phi) is 6.19. The fourth-order valence-corrected chi connectivity index (χ4v) is 2.90. The lowest BCUT2D eigenvalue weighted by atomic mass is 10.3. The van der Waals surface area contributed by atoms with Gasteiger partial charge < -0.3 is 5.32 Å². The third-order valence-corrected chi connectivity index (χ3v) is 3.87.